The third-order valence-corrected chi connectivity index (χ3v) is 3.38. The molecule has 0 saturated heterocycles. The molecule has 0 saturated carbocycles. The van der Waals surface area contributed by atoms with Gasteiger partial charge in [0.05, 0.1) is 41.2 Å². The summed E-state index contributed by atoms with van der Waals surface area (Å²) in [7, 11) is 0. The number of rotatable bonds is 6. The van der Waals surface area contributed by atoms with Crippen molar-refractivity contribution in [3.63, 3.8) is 0 Å². The molecule has 0 aliphatic rings. The topological polar surface area (TPSA) is 126 Å². The molecule has 8 nitrogen and oxygen atoms in total. The van der Waals surface area contributed by atoms with E-state index < -0.39 is 34.6 Å². The van der Waals surface area contributed by atoms with Crippen LogP contribution in [0, 0.1) is 38.6 Å². The SMILES string of the molecule is CCOC(=O)Cc1ccc([N+](=O)[O-])c(Oc2cc(C#N)cc(C#N)c2)c1F. The van der Waals surface area contributed by atoms with E-state index in [1.807, 2.05) is 12.1 Å². The van der Waals surface area contributed by atoms with Gasteiger partial charge in [-0.2, -0.15) is 10.5 Å². The van der Waals surface area contributed by atoms with Gasteiger partial charge in [-0.05, 0) is 31.2 Å². The van der Waals surface area contributed by atoms with Gasteiger partial charge in [0.15, 0.2) is 5.82 Å². The Bertz CT molecular complexity index is 959. The third-order valence-electron chi connectivity index (χ3n) is 3.38. The smallest absolute Gasteiger partial charge is 0.314 e. The molecule has 2 aromatic rings. The first-order valence-corrected chi connectivity index (χ1v) is 7.64. The zero-order valence-electron chi connectivity index (χ0n) is 14.1. The summed E-state index contributed by atoms with van der Waals surface area (Å²) in [5.41, 5.74) is -0.684. The highest BCUT2D eigenvalue weighted by Crippen LogP contribution is 2.36. The van der Waals surface area contributed by atoms with Gasteiger partial charge in [-0.1, -0.05) is 0 Å². The Kier molecular flexibility index (Phi) is 6.02. The zero-order chi connectivity index (χ0) is 20.0. The highest BCUT2D eigenvalue weighted by Gasteiger charge is 2.25. The molecule has 0 aliphatic heterocycles. The van der Waals surface area contributed by atoms with Crippen LogP contribution in [0.5, 0.6) is 11.5 Å². The van der Waals surface area contributed by atoms with E-state index in [2.05, 4.69) is 0 Å². The van der Waals surface area contributed by atoms with Crippen molar-refractivity contribution in [3.8, 4) is 23.6 Å². The van der Waals surface area contributed by atoms with Crippen LogP contribution in [0.25, 0.3) is 0 Å². The van der Waals surface area contributed by atoms with Crippen molar-refractivity contribution in [2.45, 2.75) is 13.3 Å². The molecule has 9 heteroatoms. The Balaban J connectivity index is 2.51. The molecule has 0 fully saturated rings. The largest absolute Gasteiger partial charge is 0.466 e. The van der Waals surface area contributed by atoms with Crippen LogP contribution in [0.1, 0.15) is 23.6 Å². The van der Waals surface area contributed by atoms with Crippen LogP contribution in [0.4, 0.5) is 10.1 Å². The van der Waals surface area contributed by atoms with Gasteiger partial charge in [-0.25, -0.2) is 4.39 Å². The number of benzene rings is 2. The van der Waals surface area contributed by atoms with Gasteiger partial charge in [-0.3, -0.25) is 14.9 Å². The summed E-state index contributed by atoms with van der Waals surface area (Å²) in [6.45, 7) is 1.70. The molecule has 0 amide bonds. The summed E-state index contributed by atoms with van der Waals surface area (Å²) in [4.78, 5) is 22.0. The maximum atomic E-state index is 14.8. The van der Waals surface area contributed by atoms with Crippen LogP contribution in [-0.2, 0) is 16.0 Å². The Morgan fingerprint density at radius 2 is 1.85 bits per heavy atom. The second-order valence-electron chi connectivity index (χ2n) is 5.20. The van der Waals surface area contributed by atoms with Gasteiger partial charge in [0.25, 0.3) is 0 Å². The molecule has 0 unspecified atom stereocenters. The first kappa shape index (κ1) is 19.3. The molecular weight excluding hydrogens is 357 g/mol. The summed E-state index contributed by atoms with van der Waals surface area (Å²) < 4.78 is 24.8. The van der Waals surface area contributed by atoms with E-state index in [1.54, 1.807) is 6.92 Å². The van der Waals surface area contributed by atoms with E-state index in [9.17, 15) is 19.3 Å². The van der Waals surface area contributed by atoms with Crippen LogP contribution >= 0.6 is 0 Å². The van der Waals surface area contributed by atoms with Crippen molar-refractivity contribution in [1.29, 1.82) is 10.5 Å². The van der Waals surface area contributed by atoms with Gasteiger partial charge in [0, 0.05) is 11.6 Å². The molecule has 0 radical (unpaired) electrons. The number of nitro groups is 1. The molecule has 0 bridgehead atoms. The van der Waals surface area contributed by atoms with Gasteiger partial charge in [0.2, 0.25) is 5.75 Å². The van der Waals surface area contributed by atoms with Gasteiger partial charge >= 0.3 is 11.7 Å². The van der Waals surface area contributed by atoms with Crippen molar-refractivity contribution in [3.05, 3.63) is 63.0 Å². The van der Waals surface area contributed by atoms with Crippen LogP contribution in [0.2, 0.25) is 0 Å². The minimum absolute atomic E-state index is 0.0646. The van der Waals surface area contributed by atoms with Crippen molar-refractivity contribution >= 4 is 11.7 Å². The molecular formula is C18H12FN3O5. The molecule has 27 heavy (non-hydrogen) atoms. The fraction of sp³-hybridized carbons (Fsp3) is 0.167. The fourth-order valence-corrected chi connectivity index (χ4v) is 2.24. The highest BCUT2D eigenvalue weighted by atomic mass is 19.1. The van der Waals surface area contributed by atoms with E-state index >= 15 is 0 Å². The average Bonchev–Trinajstić information content (AvgIpc) is 2.64. The molecule has 0 spiro atoms. The molecule has 2 aromatic carbocycles. The lowest BCUT2D eigenvalue weighted by molar-refractivity contribution is -0.385. The summed E-state index contributed by atoms with van der Waals surface area (Å²) in [6.07, 6.45) is -0.435. The number of esters is 1. The maximum absolute atomic E-state index is 14.8. The van der Waals surface area contributed by atoms with E-state index in [4.69, 9.17) is 20.0 Å². The number of carbonyl (C=O) groups excluding carboxylic acids is 1. The number of halogens is 1. The van der Waals surface area contributed by atoms with Crippen LogP contribution in [-0.4, -0.2) is 17.5 Å². The Morgan fingerprint density at radius 3 is 2.37 bits per heavy atom. The fourth-order valence-electron chi connectivity index (χ4n) is 2.24. The first-order valence-electron chi connectivity index (χ1n) is 7.64. The molecule has 0 N–H and O–H groups in total. The normalized spacial score (nSPS) is 9.78. The quantitative estimate of drug-likeness (QED) is 0.434. The minimum Gasteiger partial charge on any atom is -0.466 e. The number of nitriles is 2. The number of hydrogen-bond acceptors (Lipinski definition) is 7. The molecule has 0 heterocycles. The predicted molar refractivity (Wildman–Crippen MR) is 89.3 cm³/mol. The van der Waals surface area contributed by atoms with Crippen molar-refractivity contribution < 1.29 is 23.6 Å². The monoisotopic (exact) mass is 369 g/mol. The second-order valence-corrected chi connectivity index (χ2v) is 5.20. The van der Waals surface area contributed by atoms with E-state index in [1.165, 1.54) is 18.2 Å². The maximum Gasteiger partial charge on any atom is 0.314 e. The Hall–Kier alpha value is -3.98. The highest BCUT2D eigenvalue weighted by molar-refractivity contribution is 5.73. The molecule has 0 aliphatic carbocycles. The van der Waals surface area contributed by atoms with Crippen LogP contribution < -0.4 is 4.74 Å². The molecule has 0 aromatic heterocycles. The summed E-state index contributed by atoms with van der Waals surface area (Å²) in [6, 6.07) is 9.44. The van der Waals surface area contributed by atoms with E-state index in [0.29, 0.717) is 0 Å². The van der Waals surface area contributed by atoms with Gasteiger partial charge in [0.1, 0.15) is 5.75 Å². The lowest BCUT2D eigenvalue weighted by Gasteiger charge is -2.11. The zero-order valence-corrected chi connectivity index (χ0v) is 14.1. The minimum atomic E-state index is -1.10. The standard InChI is InChI=1S/C18H12FN3O5/c1-2-26-16(23)8-13-3-4-15(22(24)25)18(17(13)19)27-14-6-11(9-20)5-12(7-14)10-21/h3-7H,2,8H2,1H3. The summed E-state index contributed by atoms with van der Waals surface area (Å²) in [5, 5.41) is 29.2. The lowest BCUT2D eigenvalue weighted by Crippen LogP contribution is -2.10. The Morgan fingerprint density at radius 1 is 1.22 bits per heavy atom. The summed E-state index contributed by atoms with van der Waals surface area (Å²) >= 11 is 0. The summed E-state index contributed by atoms with van der Waals surface area (Å²) in [5.74, 6) is -2.64. The Labute approximate surface area is 153 Å². The predicted octanol–water partition coefficient (Wildman–Crippen LogP) is 3.38. The number of carbonyl (C=O) groups is 1. The number of nitrogens with zero attached hydrogens (tertiary/aromatic N) is 3. The third kappa shape index (κ3) is 4.55. The number of hydrogen-bond donors (Lipinski definition) is 0. The van der Waals surface area contributed by atoms with Crippen LogP contribution in [0.3, 0.4) is 0 Å². The van der Waals surface area contributed by atoms with Crippen molar-refractivity contribution in [2.24, 2.45) is 0 Å². The molecule has 0 atom stereocenters. The van der Waals surface area contributed by atoms with Crippen molar-refractivity contribution in [1.82, 2.24) is 0 Å². The second kappa shape index (κ2) is 8.41. The van der Waals surface area contributed by atoms with E-state index in [0.717, 1.165) is 12.1 Å². The van der Waals surface area contributed by atoms with Gasteiger partial charge < -0.3 is 9.47 Å². The number of ether oxygens (including phenoxy) is 2. The lowest BCUT2D eigenvalue weighted by atomic mass is 10.1. The first-order chi connectivity index (χ1) is 12.9. The van der Waals surface area contributed by atoms with Gasteiger partial charge in [-0.15, -0.1) is 0 Å². The van der Waals surface area contributed by atoms with Crippen molar-refractivity contribution in [2.75, 3.05) is 6.61 Å². The average molecular weight is 369 g/mol. The van der Waals surface area contributed by atoms with Crippen LogP contribution in [0.15, 0.2) is 30.3 Å². The van der Waals surface area contributed by atoms with E-state index in [-0.39, 0.29) is 29.0 Å². The molecule has 136 valence electrons. The number of nitro benzene ring substituents is 1. The molecule has 2 rings (SSSR count).